The SMILES string of the molecule is C=C/C(COc1nc(Cl)nc2cccnc12)=C(\C)Cl. The van der Waals surface area contributed by atoms with E-state index in [-0.39, 0.29) is 11.9 Å². The molecule has 6 heteroatoms. The number of pyridine rings is 1. The minimum absolute atomic E-state index is 0.113. The summed E-state index contributed by atoms with van der Waals surface area (Å²) in [5.74, 6) is 0.327. The van der Waals surface area contributed by atoms with Gasteiger partial charge >= 0.3 is 0 Å². The standard InChI is InChI=1S/C13H11Cl2N3O/c1-3-9(8(2)14)7-19-12-11-10(5-4-6-16-11)17-13(15)18-12/h3-6H,1,7H2,2H3/b9-8-. The minimum Gasteiger partial charge on any atom is -0.471 e. The molecule has 0 aliphatic rings. The van der Waals surface area contributed by atoms with Crippen LogP contribution in [0.2, 0.25) is 5.28 Å². The van der Waals surface area contributed by atoms with Gasteiger partial charge in [0.25, 0.3) is 0 Å². The molecule has 19 heavy (non-hydrogen) atoms. The van der Waals surface area contributed by atoms with Crippen molar-refractivity contribution >= 4 is 34.2 Å². The van der Waals surface area contributed by atoms with Gasteiger partial charge in [-0.2, -0.15) is 4.98 Å². The van der Waals surface area contributed by atoms with Crippen LogP contribution in [-0.4, -0.2) is 21.6 Å². The summed E-state index contributed by atoms with van der Waals surface area (Å²) in [7, 11) is 0. The van der Waals surface area contributed by atoms with Crippen molar-refractivity contribution in [1.82, 2.24) is 15.0 Å². The van der Waals surface area contributed by atoms with Crippen molar-refractivity contribution in [2.24, 2.45) is 0 Å². The second kappa shape index (κ2) is 5.99. The van der Waals surface area contributed by atoms with Crippen molar-refractivity contribution < 1.29 is 4.74 Å². The first kappa shape index (κ1) is 13.8. The number of hydrogen-bond acceptors (Lipinski definition) is 4. The van der Waals surface area contributed by atoms with Crippen LogP contribution >= 0.6 is 23.2 Å². The van der Waals surface area contributed by atoms with Gasteiger partial charge < -0.3 is 4.74 Å². The molecule has 0 saturated carbocycles. The Kier molecular flexibility index (Phi) is 4.35. The molecule has 0 atom stereocenters. The second-order valence-corrected chi connectivity index (χ2v) is 4.63. The van der Waals surface area contributed by atoms with Crippen molar-refractivity contribution in [3.05, 3.63) is 46.9 Å². The van der Waals surface area contributed by atoms with E-state index in [1.165, 1.54) is 0 Å². The van der Waals surface area contributed by atoms with E-state index in [1.54, 1.807) is 31.3 Å². The van der Waals surface area contributed by atoms with Crippen molar-refractivity contribution in [2.75, 3.05) is 6.61 Å². The predicted molar refractivity (Wildman–Crippen MR) is 76.6 cm³/mol. The van der Waals surface area contributed by atoms with Gasteiger partial charge in [0, 0.05) is 16.8 Å². The van der Waals surface area contributed by atoms with Gasteiger partial charge in [-0.1, -0.05) is 24.3 Å². The molecule has 0 aliphatic heterocycles. The molecule has 0 bridgehead atoms. The first-order valence-electron chi connectivity index (χ1n) is 5.50. The van der Waals surface area contributed by atoms with Crippen LogP contribution in [-0.2, 0) is 0 Å². The molecule has 98 valence electrons. The smallest absolute Gasteiger partial charge is 0.245 e. The Morgan fingerprint density at radius 2 is 2.26 bits per heavy atom. The highest BCUT2D eigenvalue weighted by molar-refractivity contribution is 6.29. The average Bonchev–Trinajstić information content (AvgIpc) is 2.38. The molecule has 0 radical (unpaired) electrons. The third-order valence-electron chi connectivity index (χ3n) is 2.45. The van der Waals surface area contributed by atoms with Crippen molar-refractivity contribution in [3.8, 4) is 5.88 Å². The number of halogens is 2. The average molecular weight is 296 g/mol. The van der Waals surface area contributed by atoms with E-state index in [0.717, 1.165) is 5.57 Å². The molecule has 0 N–H and O–H groups in total. The topological polar surface area (TPSA) is 47.9 Å². The molecule has 0 unspecified atom stereocenters. The molecule has 2 aromatic heterocycles. The number of aromatic nitrogens is 3. The van der Waals surface area contributed by atoms with E-state index in [1.807, 2.05) is 0 Å². The fourth-order valence-electron chi connectivity index (χ4n) is 1.46. The van der Waals surface area contributed by atoms with Crippen molar-refractivity contribution in [3.63, 3.8) is 0 Å². The molecule has 0 spiro atoms. The first-order valence-corrected chi connectivity index (χ1v) is 6.26. The summed E-state index contributed by atoms with van der Waals surface area (Å²) in [4.78, 5) is 12.3. The Balaban J connectivity index is 2.35. The van der Waals surface area contributed by atoms with E-state index >= 15 is 0 Å². The highest BCUT2D eigenvalue weighted by atomic mass is 35.5. The maximum atomic E-state index is 5.91. The van der Waals surface area contributed by atoms with Crippen LogP contribution < -0.4 is 4.74 Å². The Bertz CT molecular complexity index is 651. The summed E-state index contributed by atoms with van der Waals surface area (Å²) < 4.78 is 5.60. The highest BCUT2D eigenvalue weighted by Gasteiger charge is 2.09. The van der Waals surface area contributed by atoms with Crippen LogP contribution in [0, 0.1) is 0 Å². The Morgan fingerprint density at radius 3 is 2.95 bits per heavy atom. The maximum absolute atomic E-state index is 5.91. The van der Waals surface area contributed by atoms with E-state index in [4.69, 9.17) is 27.9 Å². The largest absolute Gasteiger partial charge is 0.471 e. The first-order chi connectivity index (χ1) is 9.11. The van der Waals surface area contributed by atoms with Gasteiger partial charge in [-0.3, -0.25) is 0 Å². The van der Waals surface area contributed by atoms with Gasteiger partial charge in [0.1, 0.15) is 6.61 Å². The summed E-state index contributed by atoms with van der Waals surface area (Å²) in [6, 6.07) is 3.56. The minimum atomic E-state index is 0.113. The van der Waals surface area contributed by atoms with E-state index in [9.17, 15) is 0 Å². The molecule has 0 saturated heterocycles. The zero-order valence-corrected chi connectivity index (χ0v) is 11.7. The fourth-order valence-corrected chi connectivity index (χ4v) is 1.76. The van der Waals surface area contributed by atoms with Crippen LogP contribution in [0.3, 0.4) is 0 Å². The molecule has 2 rings (SSSR count). The third-order valence-corrected chi connectivity index (χ3v) is 2.86. The number of hydrogen-bond donors (Lipinski definition) is 0. The van der Waals surface area contributed by atoms with E-state index in [0.29, 0.717) is 21.9 Å². The summed E-state index contributed by atoms with van der Waals surface area (Å²) in [5, 5.41) is 0.731. The fraction of sp³-hybridized carbons (Fsp3) is 0.154. The molecular weight excluding hydrogens is 285 g/mol. The Morgan fingerprint density at radius 1 is 1.47 bits per heavy atom. The van der Waals surface area contributed by atoms with Gasteiger partial charge in [0.15, 0.2) is 5.52 Å². The zero-order valence-electron chi connectivity index (χ0n) is 10.2. The molecule has 0 amide bonds. The molecule has 0 aliphatic carbocycles. The summed E-state index contributed by atoms with van der Waals surface area (Å²) in [6.45, 7) is 5.69. The van der Waals surface area contributed by atoms with Crippen LogP contribution in [0.4, 0.5) is 0 Å². The number of fused-ring (bicyclic) bond motifs is 1. The van der Waals surface area contributed by atoms with E-state index < -0.39 is 0 Å². The van der Waals surface area contributed by atoms with Gasteiger partial charge in [-0.05, 0) is 30.7 Å². The van der Waals surface area contributed by atoms with Crippen LogP contribution in [0.5, 0.6) is 5.88 Å². The lowest BCUT2D eigenvalue weighted by molar-refractivity contribution is 0.344. The maximum Gasteiger partial charge on any atom is 0.245 e. The molecule has 2 aromatic rings. The molecular formula is C13H11Cl2N3O. The summed E-state index contributed by atoms with van der Waals surface area (Å²) in [5.41, 5.74) is 1.97. The molecule has 4 nitrogen and oxygen atoms in total. The number of nitrogens with zero attached hydrogens (tertiary/aromatic N) is 3. The monoisotopic (exact) mass is 295 g/mol. The van der Waals surface area contributed by atoms with E-state index in [2.05, 4.69) is 21.5 Å². The zero-order chi connectivity index (χ0) is 13.8. The Hall–Kier alpha value is -1.65. The number of ether oxygens (including phenoxy) is 1. The predicted octanol–water partition coefficient (Wildman–Crippen LogP) is 3.76. The summed E-state index contributed by atoms with van der Waals surface area (Å²) in [6.07, 6.45) is 3.28. The summed E-state index contributed by atoms with van der Waals surface area (Å²) >= 11 is 11.8. The highest BCUT2D eigenvalue weighted by Crippen LogP contribution is 2.22. The van der Waals surface area contributed by atoms with Gasteiger partial charge in [-0.15, -0.1) is 0 Å². The lowest BCUT2D eigenvalue weighted by Gasteiger charge is -2.08. The van der Waals surface area contributed by atoms with Gasteiger partial charge in [-0.25, -0.2) is 9.97 Å². The quantitative estimate of drug-likeness (QED) is 0.636. The lowest BCUT2D eigenvalue weighted by Crippen LogP contribution is -2.04. The number of allylic oxidation sites excluding steroid dienone is 1. The van der Waals surface area contributed by atoms with Gasteiger partial charge in [0.2, 0.25) is 11.2 Å². The third kappa shape index (κ3) is 3.22. The normalized spacial score (nSPS) is 12.2. The molecule has 0 fully saturated rings. The molecule has 0 aromatic carbocycles. The Labute approximate surface area is 120 Å². The van der Waals surface area contributed by atoms with Crippen molar-refractivity contribution in [1.29, 1.82) is 0 Å². The molecule has 2 heterocycles. The van der Waals surface area contributed by atoms with Crippen LogP contribution in [0.25, 0.3) is 11.0 Å². The lowest BCUT2D eigenvalue weighted by atomic mass is 10.3. The second-order valence-electron chi connectivity index (χ2n) is 3.72. The van der Waals surface area contributed by atoms with Crippen molar-refractivity contribution in [2.45, 2.75) is 6.92 Å². The number of rotatable bonds is 4. The van der Waals surface area contributed by atoms with Crippen LogP contribution in [0.1, 0.15) is 6.92 Å². The van der Waals surface area contributed by atoms with Gasteiger partial charge in [0.05, 0.1) is 5.52 Å². The van der Waals surface area contributed by atoms with Crippen LogP contribution in [0.15, 0.2) is 41.6 Å².